The van der Waals surface area contributed by atoms with Gasteiger partial charge in [0.25, 0.3) is 0 Å². The van der Waals surface area contributed by atoms with Crippen LogP contribution in [0.4, 0.5) is 0 Å². The quantitative estimate of drug-likeness (QED) is 0.796. The molecule has 0 fully saturated rings. The maximum Gasteiger partial charge on any atom is 0.102 e. The van der Waals surface area contributed by atoms with Gasteiger partial charge in [-0.3, -0.25) is 4.68 Å². The van der Waals surface area contributed by atoms with Crippen molar-refractivity contribution in [3.8, 4) is 0 Å². The van der Waals surface area contributed by atoms with Gasteiger partial charge in [0.2, 0.25) is 0 Å². The van der Waals surface area contributed by atoms with E-state index in [1.54, 1.807) is 0 Å². The minimum Gasteiger partial charge on any atom is -0.375 e. The number of hydrogen-bond donors (Lipinski definition) is 0. The summed E-state index contributed by atoms with van der Waals surface area (Å²) in [6.45, 7) is 9.98. The second kappa shape index (κ2) is 6.40. The zero-order valence-electron chi connectivity index (χ0n) is 10.5. The molecule has 3 nitrogen and oxygen atoms in total. The van der Waals surface area contributed by atoms with Crippen molar-refractivity contribution in [2.24, 2.45) is 5.92 Å². The van der Waals surface area contributed by atoms with Crippen molar-refractivity contribution >= 4 is 15.9 Å². The molecule has 0 N–H and O–H groups in total. The SMILES string of the molecule is CC[C@H](C)n1cc(Br)c(COCC(C)C)n1. The molecule has 1 heterocycles. The first-order valence-electron chi connectivity index (χ1n) is 5.85. The Labute approximate surface area is 106 Å². The molecule has 92 valence electrons. The van der Waals surface area contributed by atoms with Crippen LogP contribution in [0.15, 0.2) is 10.7 Å². The van der Waals surface area contributed by atoms with Crippen LogP contribution in [-0.2, 0) is 11.3 Å². The van der Waals surface area contributed by atoms with Gasteiger partial charge in [0.15, 0.2) is 0 Å². The third-order valence-corrected chi connectivity index (χ3v) is 3.15. The highest BCUT2D eigenvalue weighted by molar-refractivity contribution is 9.10. The van der Waals surface area contributed by atoms with E-state index in [2.05, 4.69) is 48.7 Å². The van der Waals surface area contributed by atoms with E-state index < -0.39 is 0 Å². The molecule has 0 spiro atoms. The van der Waals surface area contributed by atoms with E-state index in [1.165, 1.54) is 0 Å². The minimum atomic E-state index is 0.440. The molecule has 0 unspecified atom stereocenters. The van der Waals surface area contributed by atoms with Gasteiger partial charge >= 0.3 is 0 Å². The van der Waals surface area contributed by atoms with Gasteiger partial charge in [0, 0.05) is 18.8 Å². The lowest BCUT2D eigenvalue weighted by Gasteiger charge is -2.08. The summed E-state index contributed by atoms with van der Waals surface area (Å²) < 4.78 is 8.62. The Kier molecular flexibility index (Phi) is 5.49. The predicted octanol–water partition coefficient (Wildman–Crippen LogP) is 3.79. The number of aromatic nitrogens is 2. The molecule has 0 aliphatic rings. The van der Waals surface area contributed by atoms with Crippen molar-refractivity contribution in [2.75, 3.05) is 6.61 Å². The van der Waals surface area contributed by atoms with Gasteiger partial charge in [-0.25, -0.2) is 0 Å². The molecule has 0 aliphatic heterocycles. The Morgan fingerprint density at radius 2 is 2.12 bits per heavy atom. The van der Waals surface area contributed by atoms with E-state index in [4.69, 9.17) is 4.74 Å². The Morgan fingerprint density at radius 3 is 2.69 bits per heavy atom. The van der Waals surface area contributed by atoms with Crippen LogP contribution in [0.3, 0.4) is 0 Å². The third kappa shape index (κ3) is 3.91. The highest BCUT2D eigenvalue weighted by Crippen LogP contribution is 2.19. The summed E-state index contributed by atoms with van der Waals surface area (Å²) in [5.74, 6) is 0.565. The second-order valence-corrected chi connectivity index (χ2v) is 5.42. The van der Waals surface area contributed by atoms with E-state index in [9.17, 15) is 0 Å². The molecule has 1 atom stereocenters. The van der Waals surface area contributed by atoms with Crippen LogP contribution in [0.25, 0.3) is 0 Å². The Morgan fingerprint density at radius 1 is 1.44 bits per heavy atom. The van der Waals surface area contributed by atoms with Crippen molar-refractivity contribution in [1.29, 1.82) is 0 Å². The Bertz CT molecular complexity index is 323. The fraction of sp³-hybridized carbons (Fsp3) is 0.750. The van der Waals surface area contributed by atoms with Gasteiger partial charge in [-0.2, -0.15) is 5.10 Å². The van der Waals surface area contributed by atoms with Gasteiger partial charge in [0.1, 0.15) is 5.69 Å². The molecule has 0 bridgehead atoms. The van der Waals surface area contributed by atoms with Crippen LogP contribution >= 0.6 is 15.9 Å². The molecule has 0 amide bonds. The Balaban J connectivity index is 2.56. The van der Waals surface area contributed by atoms with Crippen molar-refractivity contribution < 1.29 is 4.74 Å². The van der Waals surface area contributed by atoms with Crippen molar-refractivity contribution in [2.45, 2.75) is 46.8 Å². The zero-order valence-corrected chi connectivity index (χ0v) is 12.1. The number of hydrogen-bond acceptors (Lipinski definition) is 2. The molecule has 1 aromatic heterocycles. The lowest BCUT2D eigenvalue weighted by molar-refractivity contribution is 0.0939. The topological polar surface area (TPSA) is 27.1 Å². The summed E-state index contributed by atoms with van der Waals surface area (Å²) in [4.78, 5) is 0. The molecular weight excluding hydrogens is 268 g/mol. The fourth-order valence-corrected chi connectivity index (χ4v) is 1.71. The monoisotopic (exact) mass is 288 g/mol. The summed E-state index contributed by atoms with van der Waals surface area (Å²) in [6, 6.07) is 0.440. The molecule has 0 aliphatic carbocycles. The highest BCUT2D eigenvalue weighted by Gasteiger charge is 2.10. The highest BCUT2D eigenvalue weighted by atomic mass is 79.9. The fourth-order valence-electron chi connectivity index (χ4n) is 1.31. The minimum absolute atomic E-state index is 0.440. The predicted molar refractivity (Wildman–Crippen MR) is 69.4 cm³/mol. The summed E-state index contributed by atoms with van der Waals surface area (Å²) >= 11 is 3.52. The molecule has 1 rings (SSSR count). The van der Waals surface area contributed by atoms with Crippen molar-refractivity contribution in [3.63, 3.8) is 0 Å². The molecule has 1 aromatic rings. The van der Waals surface area contributed by atoms with Crippen molar-refractivity contribution in [1.82, 2.24) is 9.78 Å². The van der Waals surface area contributed by atoms with Crippen LogP contribution < -0.4 is 0 Å². The van der Waals surface area contributed by atoms with Crippen LogP contribution in [0.2, 0.25) is 0 Å². The van der Waals surface area contributed by atoms with Gasteiger partial charge in [-0.1, -0.05) is 20.8 Å². The third-order valence-electron chi connectivity index (χ3n) is 2.49. The number of nitrogens with zero attached hydrogens (tertiary/aromatic N) is 2. The Hall–Kier alpha value is -0.350. The van der Waals surface area contributed by atoms with E-state index >= 15 is 0 Å². The summed E-state index contributed by atoms with van der Waals surface area (Å²) in [7, 11) is 0. The van der Waals surface area contributed by atoms with Crippen molar-refractivity contribution in [3.05, 3.63) is 16.4 Å². The maximum absolute atomic E-state index is 5.58. The summed E-state index contributed by atoms with van der Waals surface area (Å²) in [6.07, 6.45) is 3.11. The first-order chi connectivity index (χ1) is 7.54. The van der Waals surface area contributed by atoms with E-state index in [1.807, 2.05) is 10.9 Å². The van der Waals surface area contributed by atoms with Gasteiger partial charge in [0.05, 0.1) is 11.1 Å². The summed E-state index contributed by atoms with van der Waals surface area (Å²) in [5, 5.41) is 4.52. The summed E-state index contributed by atoms with van der Waals surface area (Å²) in [5.41, 5.74) is 0.987. The second-order valence-electron chi connectivity index (χ2n) is 4.57. The van der Waals surface area contributed by atoms with Gasteiger partial charge < -0.3 is 4.74 Å². The molecule has 16 heavy (non-hydrogen) atoms. The standard InChI is InChI=1S/C12H21BrN2O/c1-5-10(4)15-6-11(13)12(14-15)8-16-7-9(2)3/h6,9-10H,5,7-8H2,1-4H3/t10-/m0/s1. The number of rotatable bonds is 6. The van der Waals surface area contributed by atoms with E-state index in [0.29, 0.717) is 18.6 Å². The first kappa shape index (κ1) is 13.7. The maximum atomic E-state index is 5.58. The van der Waals surface area contributed by atoms with Gasteiger partial charge in [-0.05, 0) is 35.2 Å². The van der Waals surface area contributed by atoms with E-state index in [0.717, 1.165) is 23.2 Å². The van der Waals surface area contributed by atoms with Crippen LogP contribution in [-0.4, -0.2) is 16.4 Å². The lowest BCUT2D eigenvalue weighted by atomic mass is 10.2. The zero-order chi connectivity index (χ0) is 12.1. The van der Waals surface area contributed by atoms with Gasteiger partial charge in [-0.15, -0.1) is 0 Å². The molecule has 0 radical (unpaired) electrons. The lowest BCUT2D eigenvalue weighted by Crippen LogP contribution is -2.06. The smallest absolute Gasteiger partial charge is 0.102 e. The largest absolute Gasteiger partial charge is 0.375 e. The molecule has 0 aromatic carbocycles. The van der Waals surface area contributed by atoms with Crippen LogP contribution in [0.5, 0.6) is 0 Å². The first-order valence-corrected chi connectivity index (χ1v) is 6.65. The normalized spacial score (nSPS) is 13.4. The molecule has 0 saturated carbocycles. The molecule has 4 heteroatoms. The average molecular weight is 289 g/mol. The van der Waals surface area contributed by atoms with Crippen LogP contribution in [0, 0.1) is 5.92 Å². The molecular formula is C12H21BrN2O. The van der Waals surface area contributed by atoms with Crippen LogP contribution in [0.1, 0.15) is 45.9 Å². The average Bonchev–Trinajstić information content (AvgIpc) is 2.59. The number of halogens is 1. The molecule has 0 saturated heterocycles. The van der Waals surface area contributed by atoms with E-state index in [-0.39, 0.29) is 0 Å². The number of ether oxygens (including phenoxy) is 1.